The molecular weight excluding hydrogens is 204 g/mol. The number of rotatable bonds is 2. The Morgan fingerprint density at radius 3 is 3.25 bits per heavy atom. The summed E-state index contributed by atoms with van der Waals surface area (Å²) in [4.78, 5) is 16.4. The molecule has 1 N–H and O–H groups in total. The highest BCUT2D eigenvalue weighted by Gasteiger charge is 2.31. The monoisotopic (exact) mass is 214 g/mol. The van der Waals surface area contributed by atoms with E-state index in [9.17, 15) is 4.79 Å². The summed E-state index contributed by atoms with van der Waals surface area (Å²) in [5.41, 5.74) is 2.46. The fourth-order valence-electron chi connectivity index (χ4n) is 2.17. The number of ketones is 1. The zero-order chi connectivity index (χ0) is 11.0. The first-order valence-electron chi connectivity index (χ1n) is 5.20. The molecule has 0 saturated carbocycles. The zero-order valence-corrected chi connectivity index (χ0v) is 8.55. The SMILES string of the molecule is O=C(c1cn[nH]n1)C1CCc2cccnc21. The Hall–Kier alpha value is -2.04. The van der Waals surface area contributed by atoms with Gasteiger partial charge in [0.25, 0.3) is 0 Å². The van der Waals surface area contributed by atoms with Crippen LogP contribution in [0, 0.1) is 0 Å². The molecule has 5 heteroatoms. The third kappa shape index (κ3) is 1.32. The number of Topliss-reactive ketones (excluding diaryl/α,β-unsaturated/α-hetero) is 1. The molecule has 1 atom stereocenters. The molecule has 0 fully saturated rings. The first-order chi connectivity index (χ1) is 7.86. The molecule has 2 heterocycles. The topological polar surface area (TPSA) is 71.5 Å². The third-order valence-corrected chi connectivity index (χ3v) is 2.94. The average Bonchev–Trinajstić information content (AvgIpc) is 2.98. The number of carbonyl (C=O) groups excluding carboxylic acids is 1. The zero-order valence-electron chi connectivity index (χ0n) is 8.55. The number of pyridine rings is 1. The molecule has 0 amide bonds. The van der Waals surface area contributed by atoms with Crippen LogP contribution in [-0.2, 0) is 6.42 Å². The molecule has 1 aliphatic rings. The molecule has 1 aliphatic carbocycles. The molecule has 2 aromatic rings. The Labute approximate surface area is 91.9 Å². The van der Waals surface area contributed by atoms with E-state index in [1.807, 2.05) is 12.1 Å². The third-order valence-electron chi connectivity index (χ3n) is 2.94. The number of carbonyl (C=O) groups is 1. The molecule has 0 saturated heterocycles. The van der Waals surface area contributed by atoms with E-state index in [4.69, 9.17) is 0 Å². The number of fused-ring (bicyclic) bond motifs is 1. The summed E-state index contributed by atoms with van der Waals surface area (Å²) in [6.45, 7) is 0. The van der Waals surface area contributed by atoms with Crippen molar-refractivity contribution in [1.29, 1.82) is 0 Å². The minimum atomic E-state index is -0.152. The van der Waals surface area contributed by atoms with Crippen molar-refractivity contribution in [3.05, 3.63) is 41.5 Å². The molecule has 0 bridgehead atoms. The number of aromatic amines is 1. The number of aryl methyl sites for hydroxylation is 1. The van der Waals surface area contributed by atoms with Crippen LogP contribution in [0.1, 0.15) is 34.1 Å². The minimum Gasteiger partial charge on any atom is -0.292 e. The van der Waals surface area contributed by atoms with Crippen LogP contribution in [0.5, 0.6) is 0 Å². The number of H-pyrrole nitrogens is 1. The van der Waals surface area contributed by atoms with Gasteiger partial charge in [0.2, 0.25) is 0 Å². The summed E-state index contributed by atoms with van der Waals surface area (Å²) in [5.74, 6) is -0.146. The second-order valence-electron chi connectivity index (χ2n) is 3.86. The van der Waals surface area contributed by atoms with Crippen LogP contribution in [0.3, 0.4) is 0 Å². The number of hydrogen-bond donors (Lipinski definition) is 1. The fraction of sp³-hybridized carbons (Fsp3) is 0.273. The van der Waals surface area contributed by atoms with Crippen molar-refractivity contribution in [2.24, 2.45) is 0 Å². The van der Waals surface area contributed by atoms with Crippen LogP contribution >= 0.6 is 0 Å². The molecule has 3 rings (SSSR count). The number of aromatic nitrogens is 4. The Balaban J connectivity index is 1.96. The van der Waals surface area contributed by atoms with E-state index in [2.05, 4.69) is 20.4 Å². The van der Waals surface area contributed by atoms with Gasteiger partial charge in [-0.15, -0.1) is 0 Å². The maximum Gasteiger partial charge on any atom is 0.193 e. The first kappa shape index (κ1) is 9.21. The predicted octanol–water partition coefficient (Wildman–Crippen LogP) is 1.11. The molecule has 1 unspecified atom stereocenters. The summed E-state index contributed by atoms with van der Waals surface area (Å²) in [6, 6.07) is 3.93. The molecule has 0 aromatic carbocycles. The Bertz CT molecular complexity index is 521. The molecule has 80 valence electrons. The van der Waals surface area contributed by atoms with Gasteiger partial charge in [-0.25, -0.2) is 0 Å². The smallest absolute Gasteiger partial charge is 0.193 e. The van der Waals surface area contributed by atoms with Gasteiger partial charge < -0.3 is 0 Å². The molecule has 5 nitrogen and oxygen atoms in total. The maximum atomic E-state index is 12.1. The van der Waals surface area contributed by atoms with Crippen molar-refractivity contribution in [2.45, 2.75) is 18.8 Å². The van der Waals surface area contributed by atoms with E-state index in [0.29, 0.717) is 5.69 Å². The van der Waals surface area contributed by atoms with Gasteiger partial charge in [-0.1, -0.05) is 6.07 Å². The maximum absolute atomic E-state index is 12.1. The lowest BCUT2D eigenvalue weighted by atomic mass is 9.99. The van der Waals surface area contributed by atoms with Crippen LogP contribution in [0.15, 0.2) is 24.5 Å². The largest absolute Gasteiger partial charge is 0.292 e. The number of nitrogens with zero attached hydrogens (tertiary/aromatic N) is 3. The normalized spacial score (nSPS) is 18.4. The second kappa shape index (κ2) is 3.52. The summed E-state index contributed by atoms with van der Waals surface area (Å²) in [7, 11) is 0. The van der Waals surface area contributed by atoms with Gasteiger partial charge in [-0.2, -0.15) is 15.4 Å². The number of hydrogen-bond acceptors (Lipinski definition) is 4. The summed E-state index contributed by atoms with van der Waals surface area (Å²) < 4.78 is 0. The van der Waals surface area contributed by atoms with E-state index >= 15 is 0 Å². The van der Waals surface area contributed by atoms with Crippen LogP contribution in [0.2, 0.25) is 0 Å². The second-order valence-corrected chi connectivity index (χ2v) is 3.86. The summed E-state index contributed by atoms with van der Waals surface area (Å²) in [5, 5.41) is 9.93. The molecule has 0 radical (unpaired) electrons. The van der Waals surface area contributed by atoms with Gasteiger partial charge in [0, 0.05) is 6.20 Å². The predicted molar refractivity (Wildman–Crippen MR) is 56.0 cm³/mol. The fourth-order valence-corrected chi connectivity index (χ4v) is 2.17. The summed E-state index contributed by atoms with van der Waals surface area (Å²) in [6.07, 6.45) is 4.92. The highest BCUT2D eigenvalue weighted by molar-refractivity contribution is 5.99. The van der Waals surface area contributed by atoms with Gasteiger partial charge in [-0.05, 0) is 24.5 Å². The van der Waals surface area contributed by atoms with Gasteiger partial charge >= 0.3 is 0 Å². The quantitative estimate of drug-likeness (QED) is 0.760. The first-order valence-corrected chi connectivity index (χ1v) is 5.20. The van der Waals surface area contributed by atoms with Crippen molar-refractivity contribution < 1.29 is 4.79 Å². The lowest BCUT2D eigenvalue weighted by Gasteiger charge is -2.06. The van der Waals surface area contributed by atoms with Crippen LogP contribution in [-0.4, -0.2) is 26.2 Å². The molecule has 0 aliphatic heterocycles. The summed E-state index contributed by atoms with van der Waals surface area (Å²) >= 11 is 0. The van der Waals surface area contributed by atoms with Gasteiger partial charge in [0.1, 0.15) is 5.69 Å². The molecule has 16 heavy (non-hydrogen) atoms. The standard InChI is InChI=1S/C11H10N4O/c16-11(9-6-13-15-14-9)8-4-3-7-2-1-5-12-10(7)8/h1-2,5-6,8H,3-4H2,(H,13,14,15). The Kier molecular flexibility index (Phi) is 2.02. The molecular formula is C11H10N4O. The Morgan fingerprint density at radius 2 is 2.44 bits per heavy atom. The average molecular weight is 214 g/mol. The van der Waals surface area contributed by atoms with E-state index in [1.54, 1.807) is 6.20 Å². The van der Waals surface area contributed by atoms with Crippen LogP contribution in [0.25, 0.3) is 0 Å². The van der Waals surface area contributed by atoms with Crippen LogP contribution in [0.4, 0.5) is 0 Å². The van der Waals surface area contributed by atoms with Crippen molar-refractivity contribution in [3.63, 3.8) is 0 Å². The highest BCUT2D eigenvalue weighted by Crippen LogP contribution is 2.33. The van der Waals surface area contributed by atoms with E-state index < -0.39 is 0 Å². The van der Waals surface area contributed by atoms with Crippen molar-refractivity contribution in [2.75, 3.05) is 0 Å². The highest BCUT2D eigenvalue weighted by atomic mass is 16.1. The van der Waals surface area contributed by atoms with E-state index in [0.717, 1.165) is 18.5 Å². The van der Waals surface area contributed by atoms with E-state index in [-0.39, 0.29) is 11.7 Å². The van der Waals surface area contributed by atoms with Gasteiger partial charge in [0.15, 0.2) is 5.78 Å². The Morgan fingerprint density at radius 1 is 1.50 bits per heavy atom. The molecule has 2 aromatic heterocycles. The van der Waals surface area contributed by atoms with Crippen molar-refractivity contribution in [3.8, 4) is 0 Å². The number of nitrogens with one attached hydrogen (secondary N) is 1. The lowest BCUT2D eigenvalue weighted by molar-refractivity contribution is 0.0953. The van der Waals surface area contributed by atoms with Gasteiger partial charge in [-0.3, -0.25) is 9.78 Å². The molecule has 0 spiro atoms. The van der Waals surface area contributed by atoms with E-state index in [1.165, 1.54) is 11.8 Å². The van der Waals surface area contributed by atoms with Crippen molar-refractivity contribution in [1.82, 2.24) is 20.4 Å². The van der Waals surface area contributed by atoms with Crippen LogP contribution < -0.4 is 0 Å². The lowest BCUT2D eigenvalue weighted by Crippen LogP contribution is -2.11. The van der Waals surface area contributed by atoms with Crippen molar-refractivity contribution >= 4 is 5.78 Å². The minimum absolute atomic E-state index is 0.00574. The van der Waals surface area contributed by atoms with Gasteiger partial charge in [0.05, 0.1) is 17.8 Å².